The molecule has 1 saturated carbocycles. The largest absolute Gasteiger partial charge is 0.497 e. The maximum absolute atomic E-state index is 14.7. The molecule has 3 aromatic carbocycles. The zero-order chi connectivity index (χ0) is 23.8. The van der Waals surface area contributed by atoms with Crippen LogP contribution in [0.4, 0.5) is 20.2 Å². The summed E-state index contributed by atoms with van der Waals surface area (Å²) in [5.41, 5.74) is 1.06. The predicted octanol–water partition coefficient (Wildman–Crippen LogP) is 4.86. The zero-order valence-electron chi connectivity index (χ0n) is 18.3. The van der Waals surface area contributed by atoms with Gasteiger partial charge in [0.05, 0.1) is 7.11 Å². The quantitative estimate of drug-likeness (QED) is 0.508. The highest BCUT2D eigenvalue weighted by Gasteiger charge is 2.52. The SMILES string of the molecule is COc1ccc(N2C(=O)C(Oc3cccc(NC(=O)C4CC4)c3)C2c2cc(F)ccc2F)cc1. The number of benzene rings is 3. The number of hydrogen-bond donors (Lipinski definition) is 1. The van der Waals surface area contributed by atoms with Crippen LogP contribution >= 0.6 is 0 Å². The van der Waals surface area contributed by atoms with E-state index in [1.165, 1.54) is 12.0 Å². The third kappa shape index (κ3) is 4.19. The molecular formula is C26H22F2N2O4. The molecule has 1 saturated heterocycles. The van der Waals surface area contributed by atoms with E-state index < -0.39 is 29.7 Å². The first-order chi connectivity index (χ1) is 16.4. The van der Waals surface area contributed by atoms with Crippen LogP contribution in [0.1, 0.15) is 24.4 Å². The van der Waals surface area contributed by atoms with E-state index in [0.717, 1.165) is 31.0 Å². The normalized spacial score (nSPS) is 19.4. The van der Waals surface area contributed by atoms with Gasteiger partial charge in [0.15, 0.2) is 0 Å². The van der Waals surface area contributed by atoms with E-state index in [0.29, 0.717) is 22.9 Å². The molecule has 174 valence electrons. The highest BCUT2D eigenvalue weighted by molar-refractivity contribution is 6.05. The van der Waals surface area contributed by atoms with Crippen molar-refractivity contribution in [3.8, 4) is 11.5 Å². The first-order valence-electron chi connectivity index (χ1n) is 10.9. The summed E-state index contributed by atoms with van der Waals surface area (Å²) < 4.78 is 39.9. The molecule has 6 nitrogen and oxygen atoms in total. The van der Waals surface area contributed by atoms with E-state index in [1.54, 1.807) is 48.5 Å². The maximum Gasteiger partial charge on any atom is 0.271 e. The van der Waals surface area contributed by atoms with Crippen molar-refractivity contribution in [2.75, 3.05) is 17.3 Å². The lowest BCUT2D eigenvalue weighted by Crippen LogP contribution is -2.62. The number of halogens is 2. The Morgan fingerprint density at radius 2 is 1.76 bits per heavy atom. The lowest BCUT2D eigenvalue weighted by molar-refractivity contribution is -0.135. The predicted molar refractivity (Wildman–Crippen MR) is 122 cm³/mol. The van der Waals surface area contributed by atoms with E-state index in [9.17, 15) is 18.4 Å². The number of nitrogens with zero attached hydrogens (tertiary/aromatic N) is 1. The van der Waals surface area contributed by atoms with E-state index >= 15 is 0 Å². The summed E-state index contributed by atoms with van der Waals surface area (Å²) in [4.78, 5) is 26.6. The summed E-state index contributed by atoms with van der Waals surface area (Å²) in [5, 5.41) is 2.83. The van der Waals surface area contributed by atoms with Crippen molar-refractivity contribution < 1.29 is 27.8 Å². The van der Waals surface area contributed by atoms with Gasteiger partial charge in [-0.2, -0.15) is 0 Å². The van der Waals surface area contributed by atoms with Crippen molar-refractivity contribution in [1.82, 2.24) is 0 Å². The second-order valence-corrected chi connectivity index (χ2v) is 8.35. The number of β-lactam (4-membered cyclic amide) rings is 1. The third-order valence-corrected chi connectivity index (χ3v) is 5.99. The number of amides is 2. The van der Waals surface area contributed by atoms with Gasteiger partial charge in [-0.05, 0) is 67.4 Å². The van der Waals surface area contributed by atoms with Gasteiger partial charge in [0.2, 0.25) is 12.0 Å². The second kappa shape index (κ2) is 8.78. The molecule has 2 unspecified atom stereocenters. The molecule has 1 aliphatic heterocycles. The first kappa shape index (κ1) is 21.9. The molecule has 2 atom stereocenters. The standard InChI is InChI=1S/C26H22F2N2O4/c1-33-19-10-8-18(9-11-19)30-23(21-13-16(27)7-12-22(21)28)24(26(30)32)34-20-4-2-3-17(14-20)29-25(31)15-5-6-15/h2-4,7-15,23-24H,5-6H2,1H3,(H,29,31). The number of carbonyl (C=O) groups excluding carboxylic acids is 2. The van der Waals surface area contributed by atoms with Crippen molar-refractivity contribution in [3.05, 3.63) is 83.9 Å². The Hall–Kier alpha value is -3.94. The number of hydrogen-bond acceptors (Lipinski definition) is 4. The van der Waals surface area contributed by atoms with Crippen LogP contribution in [-0.2, 0) is 9.59 Å². The van der Waals surface area contributed by atoms with Gasteiger partial charge >= 0.3 is 0 Å². The molecule has 2 amide bonds. The van der Waals surface area contributed by atoms with Crippen molar-refractivity contribution in [3.63, 3.8) is 0 Å². The van der Waals surface area contributed by atoms with E-state index in [-0.39, 0.29) is 17.4 Å². The maximum atomic E-state index is 14.7. The van der Waals surface area contributed by atoms with E-state index in [2.05, 4.69) is 5.32 Å². The van der Waals surface area contributed by atoms with Gasteiger partial charge in [0.25, 0.3) is 5.91 Å². The molecule has 0 spiro atoms. The van der Waals surface area contributed by atoms with Crippen LogP contribution in [0, 0.1) is 17.6 Å². The van der Waals surface area contributed by atoms with Crippen LogP contribution < -0.4 is 19.7 Å². The molecule has 2 aliphatic rings. The summed E-state index contributed by atoms with van der Waals surface area (Å²) >= 11 is 0. The van der Waals surface area contributed by atoms with Gasteiger partial charge in [-0.15, -0.1) is 0 Å². The molecule has 1 heterocycles. The fraction of sp³-hybridized carbons (Fsp3) is 0.231. The lowest BCUT2D eigenvalue weighted by Gasteiger charge is -2.46. The molecular weight excluding hydrogens is 442 g/mol. The number of carbonyl (C=O) groups is 2. The molecule has 2 fully saturated rings. The topological polar surface area (TPSA) is 67.9 Å². The Balaban J connectivity index is 1.44. The van der Waals surface area contributed by atoms with Gasteiger partial charge in [-0.1, -0.05) is 6.07 Å². The lowest BCUT2D eigenvalue weighted by atomic mass is 9.89. The monoisotopic (exact) mass is 464 g/mol. The number of rotatable bonds is 7. The Kier molecular flexibility index (Phi) is 5.65. The zero-order valence-corrected chi connectivity index (χ0v) is 18.3. The second-order valence-electron chi connectivity index (χ2n) is 8.35. The number of nitrogens with one attached hydrogen (secondary N) is 1. The van der Waals surface area contributed by atoms with E-state index in [4.69, 9.17) is 9.47 Å². The average molecular weight is 464 g/mol. The minimum atomic E-state index is -1.08. The Labute approximate surface area is 195 Å². The molecule has 5 rings (SSSR count). The van der Waals surface area contributed by atoms with Crippen LogP contribution in [0.2, 0.25) is 0 Å². The highest BCUT2D eigenvalue weighted by Crippen LogP contribution is 2.43. The van der Waals surface area contributed by atoms with Crippen molar-refractivity contribution in [2.24, 2.45) is 5.92 Å². The highest BCUT2D eigenvalue weighted by atomic mass is 19.1. The summed E-state index contributed by atoms with van der Waals surface area (Å²) in [6.45, 7) is 0. The van der Waals surface area contributed by atoms with Crippen LogP contribution in [0.3, 0.4) is 0 Å². The molecule has 34 heavy (non-hydrogen) atoms. The number of anilines is 2. The Bertz CT molecular complexity index is 1240. The van der Waals surface area contributed by atoms with Crippen molar-refractivity contribution >= 4 is 23.2 Å². The van der Waals surface area contributed by atoms with Gasteiger partial charge in [-0.3, -0.25) is 14.5 Å². The summed E-state index contributed by atoms with van der Waals surface area (Å²) in [7, 11) is 1.53. The summed E-state index contributed by atoms with van der Waals surface area (Å²) in [6.07, 6.45) is 0.675. The van der Waals surface area contributed by atoms with Gasteiger partial charge < -0.3 is 14.8 Å². The smallest absolute Gasteiger partial charge is 0.271 e. The molecule has 0 bridgehead atoms. The van der Waals surface area contributed by atoms with Gasteiger partial charge in [0.1, 0.15) is 29.2 Å². The minimum absolute atomic E-state index is 0.0126. The Morgan fingerprint density at radius 1 is 1.00 bits per heavy atom. The van der Waals surface area contributed by atoms with Gasteiger partial charge in [-0.25, -0.2) is 8.78 Å². The average Bonchev–Trinajstić information content (AvgIpc) is 3.69. The molecule has 1 aliphatic carbocycles. The number of ether oxygens (including phenoxy) is 2. The fourth-order valence-electron chi connectivity index (χ4n) is 4.04. The van der Waals surface area contributed by atoms with Crippen molar-refractivity contribution in [1.29, 1.82) is 0 Å². The van der Waals surface area contributed by atoms with E-state index in [1.807, 2.05) is 0 Å². The van der Waals surface area contributed by atoms with Crippen LogP contribution in [0.15, 0.2) is 66.7 Å². The van der Waals surface area contributed by atoms with Gasteiger partial charge in [0, 0.05) is 28.9 Å². The molecule has 3 aromatic rings. The molecule has 1 N–H and O–H groups in total. The van der Waals surface area contributed by atoms with Crippen LogP contribution in [0.25, 0.3) is 0 Å². The fourth-order valence-corrected chi connectivity index (χ4v) is 4.04. The minimum Gasteiger partial charge on any atom is -0.497 e. The number of methoxy groups -OCH3 is 1. The van der Waals surface area contributed by atoms with Crippen LogP contribution in [0.5, 0.6) is 11.5 Å². The first-order valence-corrected chi connectivity index (χ1v) is 10.9. The molecule has 8 heteroatoms. The molecule has 0 aromatic heterocycles. The van der Waals surface area contributed by atoms with Crippen LogP contribution in [-0.4, -0.2) is 25.0 Å². The summed E-state index contributed by atoms with van der Waals surface area (Å²) in [5.74, 6) is -0.735. The van der Waals surface area contributed by atoms with Crippen molar-refractivity contribution in [2.45, 2.75) is 25.0 Å². The summed E-state index contributed by atoms with van der Waals surface area (Å²) in [6, 6.07) is 15.6. The Morgan fingerprint density at radius 3 is 2.47 bits per heavy atom. The third-order valence-electron chi connectivity index (χ3n) is 5.99. The molecule has 0 radical (unpaired) electrons.